The second-order valence-corrected chi connectivity index (χ2v) is 5.94. The van der Waals surface area contributed by atoms with E-state index in [0.717, 1.165) is 12.8 Å². The fourth-order valence-corrected chi connectivity index (χ4v) is 2.44. The van der Waals surface area contributed by atoms with E-state index in [-0.39, 0.29) is 6.61 Å². The fourth-order valence-electron chi connectivity index (χ4n) is 2.21. The molecule has 0 saturated heterocycles. The number of unbranched alkanes of at least 4 members (excludes halogenated alkanes) is 9. The second kappa shape index (κ2) is 17.9. The van der Waals surface area contributed by atoms with Crippen molar-refractivity contribution in [1.29, 1.82) is 0 Å². The van der Waals surface area contributed by atoms with Gasteiger partial charge >= 0.3 is 0 Å². The van der Waals surface area contributed by atoms with Crippen LogP contribution in [0.2, 0.25) is 0 Å². The summed E-state index contributed by atoms with van der Waals surface area (Å²) < 4.78 is 10.5. The van der Waals surface area contributed by atoms with E-state index in [1.54, 1.807) is 0 Å². The maximum absolute atomic E-state index is 8.54. The molecule has 0 unspecified atom stereocenters. The van der Waals surface area contributed by atoms with E-state index in [0.29, 0.717) is 24.9 Å². The molecule has 0 aliphatic carbocycles. The quantitative estimate of drug-likeness (QED) is 0.332. The molecular formula is C17H34O3S. The molecule has 0 heterocycles. The molecule has 0 atom stereocenters. The van der Waals surface area contributed by atoms with Crippen molar-refractivity contribution >= 4 is 17.3 Å². The summed E-state index contributed by atoms with van der Waals surface area (Å²) >= 11 is 5.16. The first kappa shape index (κ1) is 20.8. The van der Waals surface area contributed by atoms with Gasteiger partial charge < -0.3 is 14.6 Å². The van der Waals surface area contributed by atoms with Crippen LogP contribution in [0.5, 0.6) is 0 Å². The van der Waals surface area contributed by atoms with Gasteiger partial charge in [0, 0.05) is 6.42 Å². The lowest BCUT2D eigenvalue weighted by Gasteiger charge is -2.07. The molecule has 0 aromatic rings. The second-order valence-electron chi connectivity index (χ2n) is 5.49. The normalized spacial score (nSPS) is 10.8. The number of hydrogen-bond acceptors (Lipinski definition) is 4. The Morgan fingerprint density at radius 2 is 1.38 bits per heavy atom. The molecule has 1 N–H and O–H groups in total. The van der Waals surface area contributed by atoms with Crippen LogP contribution in [0.15, 0.2) is 0 Å². The summed E-state index contributed by atoms with van der Waals surface area (Å²) in [7, 11) is 0. The minimum Gasteiger partial charge on any atom is -0.485 e. The lowest BCUT2D eigenvalue weighted by Crippen LogP contribution is -2.10. The Labute approximate surface area is 136 Å². The predicted molar refractivity (Wildman–Crippen MR) is 92.9 cm³/mol. The molecule has 21 heavy (non-hydrogen) atoms. The Balaban J connectivity index is 3.11. The highest BCUT2D eigenvalue weighted by atomic mass is 32.1. The molecule has 0 amide bonds. The van der Waals surface area contributed by atoms with Crippen LogP contribution in [0.3, 0.4) is 0 Å². The smallest absolute Gasteiger partial charge is 0.159 e. The van der Waals surface area contributed by atoms with Gasteiger partial charge in [-0.05, 0) is 18.6 Å². The summed E-state index contributed by atoms with van der Waals surface area (Å²) in [4.78, 5) is 0. The van der Waals surface area contributed by atoms with Gasteiger partial charge in [0.15, 0.2) is 5.05 Å². The topological polar surface area (TPSA) is 38.7 Å². The zero-order valence-corrected chi connectivity index (χ0v) is 14.6. The average molecular weight is 319 g/mol. The minimum atomic E-state index is 0.0586. The van der Waals surface area contributed by atoms with Gasteiger partial charge in [0.1, 0.15) is 6.61 Å². The number of thiocarbonyl (C=S) groups is 1. The van der Waals surface area contributed by atoms with E-state index in [9.17, 15) is 0 Å². The fraction of sp³-hybridized carbons (Fsp3) is 0.941. The Bertz CT molecular complexity index is 222. The van der Waals surface area contributed by atoms with Gasteiger partial charge in [0.2, 0.25) is 0 Å². The van der Waals surface area contributed by atoms with Crippen LogP contribution in [0.4, 0.5) is 0 Å². The van der Waals surface area contributed by atoms with Crippen molar-refractivity contribution in [2.24, 2.45) is 0 Å². The van der Waals surface area contributed by atoms with Crippen LogP contribution in [0, 0.1) is 0 Å². The van der Waals surface area contributed by atoms with Crippen LogP contribution in [-0.4, -0.2) is 36.6 Å². The lowest BCUT2D eigenvalue weighted by atomic mass is 10.1. The summed E-state index contributed by atoms with van der Waals surface area (Å²) in [5.41, 5.74) is 0. The van der Waals surface area contributed by atoms with Crippen molar-refractivity contribution < 1.29 is 14.6 Å². The van der Waals surface area contributed by atoms with Gasteiger partial charge in [0.05, 0.1) is 19.8 Å². The largest absolute Gasteiger partial charge is 0.485 e. The summed E-state index contributed by atoms with van der Waals surface area (Å²) in [6.45, 7) is 3.68. The highest BCUT2D eigenvalue weighted by molar-refractivity contribution is 7.80. The summed E-state index contributed by atoms with van der Waals surface area (Å²) in [5, 5.41) is 9.24. The third-order valence-corrected chi connectivity index (χ3v) is 3.78. The molecule has 0 aromatic heterocycles. The van der Waals surface area contributed by atoms with E-state index < -0.39 is 0 Å². The molecule has 126 valence electrons. The molecule has 0 spiro atoms. The van der Waals surface area contributed by atoms with Gasteiger partial charge in [-0.1, -0.05) is 64.7 Å². The standard InChI is InChI=1S/C17H34O3S/c1-2-3-4-5-6-7-8-9-10-11-12-17(21)20-16-15-19-14-13-18/h18H,2-16H2,1H3. The minimum absolute atomic E-state index is 0.0586. The van der Waals surface area contributed by atoms with Crippen LogP contribution in [0.25, 0.3) is 0 Å². The van der Waals surface area contributed by atoms with Crippen molar-refractivity contribution in [3.05, 3.63) is 0 Å². The van der Waals surface area contributed by atoms with Gasteiger partial charge in [-0.25, -0.2) is 0 Å². The first-order valence-corrected chi connectivity index (χ1v) is 9.06. The average Bonchev–Trinajstić information content (AvgIpc) is 2.49. The maximum atomic E-state index is 8.54. The zero-order chi connectivity index (χ0) is 15.6. The summed E-state index contributed by atoms with van der Waals surface area (Å²) in [5.74, 6) is 0. The molecule has 0 aromatic carbocycles. The number of aliphatic hydroxyl groups is 1. The zero-order valence-electron chi connectivity index (χ0n) is 13.8. The number of ether oxygens (including phenoxy) is 2. The van der Waals surface area contributed by atoms with Gasteiger partial charge in [-0.3, -0.25) is 0 Å². The Kier molecular flexibility index (Phi) is 17.7. The SMILES string of the molecule is CCCCCCCCCCCCC(=S)OCCOCCO. The van der Waals surface area contributed by atoms with Crippen LogP contribution < -0.4 is 0 Å². The van der Waals surface area contributed by atoms with Crippen molar-refractivity contribution in [1.82, 2.24) is 0 Å². The predicted octanol–water partition coefficient (Wildman–Crippen LogP) is 4.65. The highest BCUT2D eigenvalue weighted by Crippen LogP contribution is 2.11. The maximum Gasteiger partial charge on any atom is 0.159 e. The number of aliphatic hydroxyl groups excluding tert-OH is 1. The first-order chi connectivity index (χ1) is 10.3. The van der Waals surface area contributed by atoms with Crippen molar-refractivity contribution in [2.75, 3.05) is 26.4 Å². The lowest BCUT2D eigenvalue weighted by molar-refractivity contribution is 0.0681. The number of hydrogen-bond donors (Lipinski definition) is 1. The van der Waals surface area contributed by atoms with Crippen LogP contribution in [0.1, 0.15) is 77.6 Å². The van der Waals surface area contributed by atoms with Crippen LogP contribution in [-0.2, 0) is 9.47 Å². The first-order valence-electron chi connectivity index (χ1n) is 8.65. The molecule has 0 radical (unpaired) electrons. The van der Waals surface area contributed by atoms with E-state index >= 15 is 0 Å². The number of rotatable bonds is 16. The van der Waals surface area contributed by atoms with E-state index in [4.69, 9.17) is 26.8 Å². The molecule has 3 nitrogen and oxygen atoms in total. The molecule has 0 rings (SSSR count). The Morgan fingerprint density at radius 3 is 1.95 bits per heavy atom. The third kappa shape index (κ3) is 17.8. The van der Waals surface area contributed by atoms with Crippen molar-refractivity contribution in [3.8, 4) is 0 Å². The molecule has 0 aliphatic rings. The molecule has 4 heteroatoms. The molecule has 0 saturated carbocycles. The Morgan fingerprint density at radius 1 is 0.810 bits per heavy atom. The molecule has 0 aliphatic heterocycles. The third-order valence-electron chi connectivity index (χ3n) is 3.46. The molecule has 0 fully saturated rings. The summed E-state index contributed by atoms with van der Waals surface area (Å²) in [6, 6.07) is 0. The summed E-state index contributed by atoms with van der Waals surface area (Å²) in [6.07, 6.45) is 14.2. The van der Waals surface area contributed by atoms with E-state index in [1.165, 1.54) is 57.8 Å². The van der Waals surface area contributed by atoms with Crippen molar-refractivity contribution in [3.63, 3.8) is 0 Å². The van der Waals surface area contributed by atoms with Crippen molar-refractivity contribution in [2.45, 2.75) is 77.6 Å². The monoisotopic (exact) mass is 318 g/mol. The van der Waals surface area contributed by atoms with E-state index in [2.05, 4.69) is 6.92 Å². The van der Waals surface area contributed by atoms with E-state index in [1.807, 2.05) is 0 Å². The highest BCUT2D eigenvalue weighted by Gasteiger charge is 1.99. The van der Waals surface area contributed by atoms with Crippen LogP contribution >= 0.6 is 12.2 Å². The molecule has 0 bridgehead atoms. The Hall–Kier alpha value is -0.190. The molecular weight excluding hydrogens is 284 g/mol. The van der Waals surface area contributed by atoms with Gasteiger partial charge in [-0.15, -0.1) is 0 Å². The van der Waals surface area contributed by atoms with Gasteiger partial charge in [0.25, 0.3) is 0 Å². The van der Waals surface area contributed by atoms with Gasteiger partial charge in [-0.2, -0.15) is 0 Å².